The van der Waals surface area contributed by atoms with Gasteiger partial charge in [0.2, 0.25) is 12.1 Å². The average Bonchev–Trinajstić information content (AvgIpc) is 3.01. The number of anilines is 1. The number of hydrogen-bond acceptors (Lipinski definition) is 6. The van der Waals surface area contributed by atoms with E-state index in [1.807, 2.05) is 0 Å². The second kappa shape index (κ2) is 6.28. The first-order valence-electron chi connectivity index (χ1n) is 5.84. The van der Waals surface area contributed by atoms with Crippen LogP contribution in [0.5, 0.6) is 0 Å². The maximum absolute atomic E-state index is 11.1. The first kappa shape index (κ1) is 13.5. The van der Waals surface area contributed by atoms with Gasteiger partial charge in [-0.15, -0.1) is 11.3 Å². The van der Waals surface area contributed by atoms with Crippen molar-refractivity contribution >= 4 is 34.6 Å². The SMILES string of the molecule is O=CNc1nc(C(=NOC2CCCC2)C(=O)O)cs1. The number of rotatable bonds is 6. The van der Waals surface area contributed by atoms with E-state index in [1.165, 1.54) is 5.38 Å². The molecule has 1 heterocycles. The summed E-state index contributed by atoms with van der Waals surface area (Å²) in [6.45, 7) is 0. The summed E-state index contributed by atoms with van der Waals surface area (Å²) in [6.07, 6.45) is 4.41. The number of carbonyl (C=O) groups excluding carboxylic acids is 1. The lowest BCUT2D eigenvalue weighted by atomic mass is 10.3. The zero-order valence-electron chi connectivity index (χ0n) is 10.0. The molecule has 1 fully saturated rings. The first-order valence-corrected chi connectivity index (χ1v) is 6.72. The maximum Gasteiger partial charge on any atom is 0.360 e. The summed E-state index contributed by atoms with van der Waals surface area (Å²) in [6, 6.07) is 0. The minimum atomic E-state index is -1.21. The highest BCUT2D eigenvalue weighted by Gasteiger charge is 2.20. The third kappa shape index (κ3) is 3.50. The van der Waals surface area contributed by atoms with E-state index in [9.17, 15) is 9.59 Å². The molecule has 0 atom stereocenters. The standard InChI is InChI=1S/C11H13N3O4S/c15-6-12-11-13-8(5-19-11)9(10(16)17)14-18-7-3-1-2-4-7/h5-7H,1-4H2,(H,16,17)(H,12,13,15). The molecule has 0 spiro atoms. The molecule has 0 radical (unpaired) electrons. The smallest absolute Gasteiger partial charge is 0.360 e. The van der Waals surface area contributed by atoms with E-state index in [0.717, 1.165) is 37.0 Å². The van der Waals surface area contributed by atoms with Crippen molar-refractivity contribution in [1.82, 2.24) is 4.98 Å². The number of carbonyl (C=O) groups is 2. The van der Waals surface area contributed by atoms with Crippen molar-refractivity contribution in [2.45, 2.75) is 31.8 Å². The number of thiazole rings is 1. The predicted molar refractivity (Wildman–Crippen MR) is 69.3 cm³/mol. The van der Waals surface area contributed by atoms with Gasteiger partial charge in [0.05, 0.1) is 0 Å². The van der Waals surface area contributed by atoms with Crippen LogP contribution in [-0.4, -0.2) is 34.3 Å². The summed E-state index contributed by atoms with van der Waals surface area (Å²) in [5.41, 5.74) is -0.0676. The van der Waals surface area contributed by atoms with Gasteiger partial charge in [0.1, 0.15) is 11.8 Å². The van der Waals surface area contributed by atoms with Crippen LogP contribution in [0.1, 0.15) is 31.4 Å². The molecule has 102 valence electrons. The molecular weight excluding hydrogens is 270 g/mol. The van der Waals surface area contributed by atoms with Crippen molar-refractivity contribution in [3.63, 3.8) is 0 Å². The number of nitrogens with zero attached hydrogens (tertiary/aromatic N) is 2. The molecule has 0 bridgehead atoms. The van der Waals surface area contributed by atoms with E-state index in [0.29, 0.717) is 11.5 Å². The van der Waals surface area contributed by atoms with E-state index in [-0.39, 0.29) is 17.5 Å². The van der Waals surface area contributed by atoms with Crippen LogP contribution in [-0.2, 0) is 14.4 Å². The Morgan fingerprint density at radius 2 is 2.32 bits per heavy atom. The molecule has 2 N–H and O–H groups in total. The van der Waals surface area contributed by atoms with Gasteiger partial charge in [0, 0.05) is 5.38 Å². The lowest BCUT2D eigenvalue weighted by molar-refractivity contribution is -0.129. The van der Waals surface area contributed by atoms with E-state index < -0.39 is 5.97 Å². The fourth-order valence-electron chi connectivity index (χ4n) is 1.82. The van der Waals surface area contributed by atoms with Crippen molar-refractivity contribution in [3.8, 4) is 0 Å². The predicted octanol–water partition coefficient (Wildman–Crippen LogP) is 1.46. The van der Waals surface area contributed by atoms with Crippen LogP contribution in [0, 0.1) is 0 Å². The topological polar surface area (TPSA) is 101 Å². The van der Waals surface area contributed by atoms with Gasteiger partial charge < -0.3 is 15.3 Å². The molecule has 1 aromatic rings. The number of hydrogen-bond donors (Lipinski definition) is 2. The Morgan fingerprint density at radius 1 is 1.58 bits per heavy atom. The van der Waals surface area contributed by atoms with Gasteiger partial charge >= 0.3 is 5.97 Å². The van der Waals surface area contributed by atoms with Gasteiger partial charge in [-0.25, -0.2) is 9.78 Å². The summed E-state index contributed by atoms with van der Waals surface area (Å²) < 4.78 is 0. The molecule has 1 aliphatic carbocycles. The van der Waals surface area contributed by atoms with Crippen LogP contribution in [0.3, 0.4) is 0 Å². The number of oxime groups is 1. The normalized spacial score (nSPS) is 16.3. The van der Waals surface area contributed by atoms with Gasteiger partial charge in [0.25, 0.3) is 0 Å². The van der Waals surface area contributed by atoms with Gasteiger partial charge in [-0.3, -0.25) is 4.79 Å². The Bertz CT molecular complexity index is 494. The molecule has 1 aliphatic rings. The Hall–Kier alpha value is -1.96. The number of carboxylic acids is 1. The van der Waals surface area contributed by atoms with Crippen molar-refractivity contribution in [2.75, 3.05) is 5.32 Å². The first-order chi connectivity index (χ1) is 9.20. The molecular formula is C11H13N3O4S. The molecule has 7 nitrogen and oxygen atoms in total. The van der Waals surface area contributed by atoms with E-state index in [2.05, 4.69) is 15.5 Å². The highest BCUT2D eigenvalue weighted by Crippen LogP contribution is 2.22. The van der Waals surface area contributed by atoms with Crippen molar-refractivity contribution in [2.24, 2.45) is 5.16 Å². The van der Waals surface area contributed by atoms with Crippen molar-refractivity contribution in [3.05, 3.63) is 11.1 Å². The monoisotopic (exact) mass is 283 g/mol. The number of nitrogens with one attached hydrogen (secondary N) is 1. The fraction of sp³-hybridized carbons (Fsp3) is 0.455. The molecule has 2 rings (SSSR count). The summed E-state index contributed by atoms with van der Waals surface area (Å²) in [7, 11) is 0. The molecule has 0 aliphatic heterocycles. The lowest BCUT2D eigenvalue weighted by Crippen LogP contribution is -2.17. The summed E-state index contributed by atoms with van der Waals surface area (Å²) in [5, 5.41) is 17.0. The minimum absolute atomic E-state index is 0.0134. The van der Waals surface area contributed by atoms with Crippen LogP contribution in [0.25, 0.3) is 0 Å². The molecule has 19 heavy (non-hydrogen) atoms. The molecule has 1 amide bonds. The Labute approximate surface area is 113 Å². The number of amides is 1. The second-order valence-electron chi connectivity index (χ2n) is 4.06. The van der Waals surface area contributed by atoms with Crippen molar-refractivity contribution in [1.29, 1.82) is 0 Å². The third-order valence-corrected chi connectivity index (χ3v) is 3.50. The molecule has 0 saturated heterocycles. The molecule has 0 aromatic carbocycles. The van der Waals surface area contributed by atoms with Crippen LogP contribution >= 0.6 is 11.3 Å². The lowest BCUT2D eigenvalue weighted by Gasteiger charge is -2.06. The fourth-order valence-corrected chi connectivity index (χ4v) is 2.47. The summed E-state index contributed by atoms with van der Waals surface area (Å²) in [5.74, 6) is -1.21. The Kier molecular flexibility index (Phi) is 4.45. The van der Waals surface area contributed by atoms with Gasteiger partial charge in [-0.2, -0.15) is 0 Å². The van der Waals surface area contributed by atoms with E-state index in [1.54, 1.807) is 0 Å². The van der Waals surface area contributed by atoms with Gasteiger partial charge in [-0.1, -0.05) is 5.16 Å². The van der Waals surface area contributed by atoms with Crippen LogP contribution in [0.4, 0.5) is 5.13 Å². The second-order valence-corrected chi connectivity index (χ2v) is 4.92. The quantitative estimate of drug-likeness (QED) is 0.467. The highest BCUT2D eigenvalue weighted by molar-refractivity contribution is 7.14. The van der Waals surface area contributed by atoms with Gasteiger partial charge in [0.15, 0.2) is 5.13 Å². The molecule has 1 aromatic heterocycles. The largest absolute Gasteiger partial charge is 0.476 e. The van der Waals surface area contributed by atoms with Crippen molar-refractivity contribution < 1.29 is 19.5 Å². The number of aromatic nitrogens is 1. The van der Waals surface area contributed by atoms with Gasteiger partial charge in [-0.05, 0) is 25.7 Å². The molecule has 1 saturated carbocycles. The third-order valence-electron chi connectivity index (χ3n) is 2.73. The maximum atomic E-state index is 11.1. The zero-order chi connectivity index (χ0) is 13.7. The van der Waals surface area contributed by atoms with E-state index in [4.69, 9.17) is 9.94 Å². The van der Waals surface area contributed by atoms with E-state index >= 15 is 0 Å². The van der Waals surface area contributed by atoms with Crippen LogP contribution < -0.4 is 5.32 Å². The average molecular weight is 283 g/mol. The van der Waals surface area contributed by atoms with Crippen LogP contribution in [0.15, 0.2) is 10.5 Å². The minimum Gasteiger partial charge on any atom is -0.476 e. The summed E-state index contributed by atoms with van der Waals surface area (Å²) in [4.78, 5) is 30.6. The molecule has 8 heteroatoms. The van der Waals surface area contributed by atoms with Crippen LogP contribution in [0.2, 0.25) is 0 Å². The highest BCUT2D eigenvalue weighted by atomic mass is 32.1. The molecule has 0 unspecified atom stereocenters. The number of carboxylic acid groups (broad SMARTS) is 1. The zero-order valence-corrected chi connectivity index (χ0v) is 10.9. The Balaban J connectivity index is 2.11. The Morgan fingerprint density at radius 3 is 2.95 bits per heavy atom. The number of aliphatic carboxylic acids is 1. The summed E-state index contributed by atoms with van der Waals surface area (Å²) >= 11 is 1.12.